The van der Waals surface area contributed by atoms with Crippen LogP contribution in [0.25, 0.3) is 32.1 Å². The molecule has 8 atom stereocenters. The number of alkyl halides is 1. The van der Waals surface area contributed by atoms with E-state index >= 15 is 8.78 Å². The zero-order valence-corrected chi connectivity index (χ0v) is 31.0. The van der Waals surface area contributed by atoms with Crippen LogP contribution < -0.4 is 30.7 Å². The molecule has 1 aliphatic carbocycles. The molecule has 11 nitrogen and oxygen atoms in total. The fourth-order valence-corrected chi connectivity index (χ4v) is 11.0. The highest BCUT2D eigenvalue weighted by Gasteiger charge is 2.55. The number of ether oxygens (including phenoxy) is 2. The number of hydrogen-bond acceptors (Lipinski definition) is 11. The number of piperidine rings is 1. The van der Waals surface area contributed by atoms with Crippen LogP contribution in [0.2, 0.25) is 5.02 Å². The molecule has 6 aliphatic rings. The number of carbonyl (C=O) groups is 1. The Balaban J connectivity index is 1.08. The van der Waals surface area contributed by atoms with Gasteiger partial charge in [-0.2, -0.15) is 15.2 Å². The van der Waals surface area contributed by atoms with Gasteiger partial charge in [0, 0.05) is 42.5 Å². The van der Waals surface area contributed by atoms with Gasteiger partial charge in [-0.15, -0.1) is 11.3 Å². The zero-order valence-electron chi connectivity index (χ0n) is 29.4. The molecular weight excluding hydrogens is 741 g/mol. The zero-order chi connectivity index (χ0) is 37.2. The Labute approximate surface area is 317 Å². The SMILES string of the molecule is CC1CC1C1N[C@H]1C(=O)NC1CCC2COc3c(Cl)c(-c4ccc(F)c5sc(N)c(C#N)c45)c(F)c4nc(OC[C@@]56CCCN5C[C@H](F)C6)nc(c34)N2C1. The maximum atomic E-state index is 17.4. The summed E-state index contributed by atoms with van der Waals surface area (Å²) in [5.41, 5.74) is 5.57. The van der Waals surface area contributed by atoms with Gasteiger partial charge in [-0.3, -0.25) is 15.0 Å². The fourth-order valence-electron chi connectivity index (χ4n) is 9.70. The minimum atomic E-state index is -0.968. The molecule has 0 bridgehead atoms. The number of nitriles is 1. The van der Waals surface area contributed by atoms with Crippen molar-refractivity contribution in [1.29, 1.82) is 5.26 Å². The first-order valence-corrected chi connectivity index (χ1v) is 19.9. The van der Waals surface area contributed by atoms with E-state index in [4.69, 9.17) is 31.8 Å². The van der Waals surface area contributed by atoms with E-state index in [2.05, 4.69) is 27.4 Å². The summed E-state index contributed by atoms with van der Waals surface area (Å²) < 4.78 is 60.1. The second-order valence-corrected chi connectivity index (χ2v) is 17.4. The quantitative estimate of drug-likeness (QED) is 0.200. The summed E-state index contributed by atoms with van der Waals surface area (Å²) >= 11 is 8.02. The molecule has 1 saturated carbocycles. The second kappa shape index (κ2) is 12.5. The molecule has 1 amide bonds. The molecule has 54 heavy (non-hydrogen) atoms. The van der Waals surface area contributed by atoms with E-state index in [-0.39, 0.29) is 103 Å². The third-order valence-corrected chi connectivity index (χ3v) is 14.0. The number of nitrogen functional groups attached to an aromatic ring is 1. The summed E-state index contributed by atoms with van der Waals surface area (Å²) in [6, 6.07) is 4.13. The molecule has 5 aliphatic heterocycles. The van der Waals surface area contributed by atoms with Crippen LogP contribution in [0.5, 0.6) is 11.8 Å². The number of aromatic nitrogens is 2. The van der Waals surface area contributed by atoms with Crippen LogP contribution in [0.3, 0.4) is 0 Å². The normalized spacial score (nSPS) is 31.1. The molecule has 5 fully saturated rings. The molecule has 7 heterocycles. The Morgan fingerprint density at radius 2 is 2.11 bits per heavy atom. The molecule has 4 saturated heterocycles. The van der Waals surface area contributed by atoms with Crippen LogP contribution in [-0.2, 0) is 4.79 Å². The number of amides is 1. The van der Waals surface area contributed by atoms with Crippen LogP contribution in [0.4, 0.5) is 24.0 Å². The van der Waals surface area contributed by atoms with Crippen molar-refractivity contribution in [2.75, 3.05) is 43.5 Å². The van der Waals surface area contributed by atoms with Crippen molar-refractivity contribution in [3.05, 3.63) is 34.4 Å². The van der Waals surface area contributed by atoms with Gasteiger partial charge in [-0.05, 0) is 62.1 Å². The van der Waals surface area contributed by atoms with Gasteiger partial charge in [0.05, 0.1) is 32.3 Å². The Morgan fingerprint density at radius 1 is 1.28 bits per heavy atom. The van der Waals surface area contributed by atoms with Crippen molar-refractivity contribution in [2.24, 2.45) is 11.8 Å². The Hall–Kier alpha value is -4.10. The number of nitrogens with one attached hydrogen (secondary N) is 2. The van der Waals surface area contributed by atoms with E-state index in [1.807, 2.05) is 11.0 Å². The summed E-state index contributed by atoms with van der Waals surface area (Å²) in [5.74, 6) is 0.219. The fraction of sp³-hybridized carbons (Fsp3) is 0.526. The lowest BCUT2D eigenvalue weighted by atomic mass is 9.95. The highest BCUT2D eigenvalue weighted by atomic mass is 35.5. The van der Waals surface area contributed by atoms with E-state index < -0.39 is 23.3 Å². The standard InChI is InChI=1S/C38H38ClF3N8O3S/c1-16-9-21(16)29-31(46-29)36(51)45-18-3-4-19-14-52-32-26-30(28(42)25(27(32)39)20-5-6-23(41)33-24(20)22(11-43)34(44)54-33)47-37(48-35(26)50(19)13-18)53-15-38-7-2-8-49(38)12-17(40)10-38/h5-6,16-19,21,29,31,46H,2-4,7-10,12-15,44H2,1H3,(H,45,51)/t16?,17-,18?,19?,21?,29?,31-,38+/m1/s1. The van der Waals surface area contributed by atoms with Crippen molar-refractivity contribution in [1.82, 2.24) is 25.5 Å². The Kier molecular flexibility index (Phi) is 7.93. The molecule has 0 radical (unpaired) electrons. The topological polar surface area (TPSA) is 152 Å². The van der Waals surface area contributed by atoms with E-state index in [1.165, 1.54) is 12.1 Å². The lowest BCUT2D eigenvalue weighted by Crippen LogP contribution is -2.54. The van der Waals surface area contributed by atoms with Crippen molar-refractivity contribution < 1.29 is 27.4 Å². The highest BCUT2D eigenvalue weighted by Crippen LogP contribution is 2.52. The third-order valence-electron chi connectivity index (χ3n) is 12.7. The maximum absolute atomic E-state index is 17.4. The number of thiophene rings is 1. The van der Waals surface area contributed by atoms with E-state index in [0.29, 0.717) is 50.0 Å². The Morgan fingerprint density at radius 3 is 2.91 bits per heavy atom. The number of fused-ring (bicyclic) bond motifs is 4. The minimum absolute atomic E-state index is 0.0203. The number of carbonyl (C=O) groups excluding carboxylic acids is 1. The van der Waals surface area contributed by atoms with Crippen molar-refractivity contribution in [2.45, 2.75) is 81.3 Å². The molecule has 10 rings (SSSR count). The minimum Gasteiger partial charge on any atom is -0.489 e. The summed E-state index contributed by atoms with van der Waals surface area (Å²) in [5, 5.41) is 17.0. The highest BCUT2D eigenvalue weighted by molar-refractivity contribution is 7.23. The van der Waals surface area contributed by atoms with Crippen LogP contribution in [0.15, 0.2) is 12.1 Å². The summed E-state index contributed by atoms with van der Waals surface area (Å²) in [7, 11) is 0. The first-order chi connectivity index (χ1) is 26.0. The smallest absolute Gasteiger partial charge is 0.319 e. The molecule has 5 unspecified atom stereocenters. The van der Waals surface area contributed by atoms with Crippen LogP contribution in [0, 0.1) is 34.8 Å². The van der Waals surface area contributed by atoms with Crippen LogP contribution in [-0.4, -0.2) is 89.5 Å². The molecule has 4 N–H and O–H groups in total. The molecule has 2 aromatic heterocycles. The van der Waals surface area contributed by atoms with Gasteiger partial charge in [0.1, 0.15) is 53.6 Å². The molecule has 16 heteroatoms. The summed E-state index contributed by atoms with van der Waals surface area (Å²) in [4.78, 5) is 27.0. The summed E-state index contributed by atoms with van der Waals surface area (Å²) in [6.45, 7) is 4.00. The van der Waals surface area contributed by atoms with Gasteiger partial charge in [0.15, 0.2) is 11.6 Å². The maximum Gasteiger partial charge on any atom is 0.319 e. The van der Waals surface area contributed by atoms with Crippen molar-refractivity contribution in [3.63, 3.8) is 0 Å². The van der Waals surface area contributed by atoms with E-state index in [9.17, 15) is 14.4 Å². The van der Waals surface area contributed by atoms with Crippen LogP contribution in [0.1, 0.15) is 51.0 Å². The first kappa shape index (κ1) is 34.4. The number of anilines is 2. The summed E-state index contributed by atoms with van der Waals surface area (Å²) in [6.07, 6.45) is 3.51. The predicted molar refractivity (Wildman–Crippen MR) is 199 cm³/mol. The molecule has 4 aromatic rings. The average molecular weight is 779 g/mol. The number of nitrogens with zero attached hydrogens (tertiary/aromatic N) is 5. The average Bonchev–Trinajstić information content (AvgIpc) is 4.00. The largest absolute Gasteiger partial charge is 0.489 e. The third kappa shape index (κ3) is 5.31. The number of benzene rings is 2. The molecular formula is C38H38ClF3N8O3S. The predicted octanol–water partition coefficient (Wildman–Crippen LogP) is 5.69. The number of halogens is 4. The van der Waals surface area contributed by atoms with Crippen LogP contribution >= 0.6 is 22.9 Å². The molecule has 0 spiro atoms. The Bertz CT molecular complexity index is 2310. The van der Waals surface area contributed by atoms with E-state index in [0.717, 1.165) is 37.1 Å². The van der Waals surface area contributed by atoms with Crippen molar-refractivity contribution >= 4 is 60.7 Å². The second-order valence-electron chi connectivity index (χ2n) is 15.9. The number of hydrogen-bond donors (Lipinski definition) is 3. The molecule has 282 valence electrons. The van der Waals surface area contributed by atoms with Gasteiger partial charge in [-0.1, -0.05) is 24.6 Å². The van der Waals surface area contributed by atoms with Gasteiger partial charge >= 0.3 is 6.01 Å². The van der Waals surface area contributed by atoms with Gasteiger partial charge in [0.2, 0.25) is 5.91 Å². The van der Waals surface area contributed by atoms with E-state index in [1.54, 1.807) is 0 Å². The monoisotopic (exact) mass is 778 g/mol. The lowest BCUT2D eigenvalue weighted by Gasteiger charge is -2.39. The van der Waals surface area contributed by atoms with Crippen molar-refractivity contribution in [3.8, 4) is 29.0 Å². The first-order valence-electron chi connectivity index (χ1n) is 18.7. The number of nitrogens with two attached hydrogens (primary N) is 1. The number of rotatable bonds is 7. The van der Waals surface area contributed by atoms with Gasteiger partial charge < -0.3 is 25.4 Å². The van der Waals surface area contributed by atoms with Gasteiger partial charge in [-0.25, -0.2) is 13.2 Å². The molecule has 2 aromatic carbocycles. The van der Waals surface area contributed by atoms with Gasteiger partial charge in [0.25, 0.3) is 0 Å². The lowest BCUT2D eigenvalue weighted by molar-refractivity contribution is -0.121.